The first-order valence-electron chi connectivity index (χ1n) is 8.75. The number of fused-ring (bicyclic) bond motifs is 1. The maximum Gasteiger partial charge on any atom is 0.273 e. The van der Waals surface area contributed by atoms with Gasteiger partial charge in [-0.05, 0) is 24.3 Å². The third-order valence-electron chi connectivity index (χ3n) is 4.82. The lowest BCUT2D eigenvalue weighted by Gasteiger charge is -2.28. The third-order valence-corrected chi connectivity index (χ3v) is 5.07. The Morgan fingerprint density at radius 2 is 1.93 bits per heavy atom. The number of pyridine rings is 1. The van der Waals surface area contributed by atoms with Crippen LogP contribution in [0.25, 0.3) is 11.3 Å². The first-order chi connectivity index (χ1) is 13.6. The van der Waals surface area contributed by atoms with E-state index in [0.29, 0.717) is 16.4 Å². The minimum atomic E-state index is -0.550. The highest BCUT2D eigenvalue weighted by molar-refractivity contribution is 6.30. The van der Waals surface area contributed by atoms with Gasteiger partial charge in [0.05, 0.1) is 17.9 Å². The maximum atomic E-state index is 13.1. The van der Waals surface area contributed by atoms with Crippen LogP contribution in [0.5, 0.6) is 0 Å². The summed E-state index contributed by atoms with van der Waals surface area (Å²) in [4.78, 5) is 19.3. The zero-order valence-electron chi connectivity index (χ0n) is 15.4. The van der Waals surface area contributed by atoms with Crippen LogP contribution in [0.1, 0.15) is 27.8 Å². The van der Waals surface area contributed by atoms with E-state index in [1.165, 1.54) is 0 Å². The molecule has 0 saturated heterocycles. The minimum absolute atomic E-state index is 0.169. The first kappa shape index (κ1) is 18.6. The summed E-state index contributed by atoms with van der Waals surface area (Å²) in [5.74, 6) is -0.169. The number of aromatic amines is 1. The molecular weight excluding hydrogens is 380 g/mol. The summed E-state index contributed by atoms with van der Waals surface area (Å²) in [6.45, 7) is 0.260. The molecule has 1 unspecified atom stereocenters. The molecular formula is C20H19ClN4O3. The van der Waals surface area contributed by atoms with Crippen molar-refractivity contribution in [3.8, 4) is 11.3 Å². The number of carbonyl (C=O) groups is 1. The van der Waals surface area contributed by atoms with Crippen molar-refractivity contribution in [1.29, 1.82) is 0 Å². The van der Waals surface area contributed by atoms with Gasteiger partial charge in [-0.2, -0.15) is 5.10 Å². The number of rotatable bonds is 6. The molecule has 1 amide bonds. The molecule has 0 bridgehead atoms. The molecule has 1 aliphatic rings. The molecule has 144 valence electrons. The van der Waals surface area contributed by atoms with Gasteiger partial charge in [0.25, 0.3) is 5.91 Å². The van der Waals surface area contributed by atoms with Crippen LogP contribution in [0.15, 0.2) is 48.7 Å². The largest absolute Gasteiger partial charge is 0.354 e. The van der Waals surface area contributed by atoms with Crippen molar-refractivity contribution in [1.82, 2.24) is 20.1 Å². The van der Waals surface area contributed by atoms with Crippen LogP contribution in [0.4, 0.5) is 0 Å². The number of nitrogens with zero attached hydrogens (tertiary/aromatic N) is 3. The molecule has 3 heterocycles. The van der Waals surface area contributed by atoms with Crippen LogP contribution in [0, 0.1) is 0 Å². The Bertz CT molecular complexity index is 971. The first-order valence-corrected chi connectivity index (χ1v) is 9.13. The fraction of sp³-hybridized carbons (Fsp3) is 0.250. The highest BCUT2D eigenvalue weighted by Gasteiger charge is 2.43. The van der Waals surface area contributed by atoms with E-state index in [1.54, 1.807) is 37.4 Å². The van der Waals surface area contributed by atoms with Gasteiger partial charge in [0, 0.05) is 36.6 Å². The quantitative estimate of drug-likeness (QED) is 0.644. The number of H-pyrrole nitrogens is 1. The van der Waals surface area contributed by atoms with E-state index >= 15 is 0 Å². The SMILES string of the molecule is COC(CN1C(=O)c2[nH]nc(-c3ccc(Cl)cc3)c2C1c1ccccn1)OC. The molecule has 0 fully saturated rings. The number of aromatic nitrogens is 3. The van der Waals surface area contributed by atoms with Gasteiger partial charge in [-0.3, -0.25) is 14.9 Å². The van der Waals surface area contributed by atoms with Gasteiger partial charge in [-0.1, -0.05) is 29.8 Å². The van der Waals surface area contributed by atoms with E-state index in [2.05, 4.69) is 15.2 Å². The average molecular weight is 399 g/mol. The molecule has 0 spiro atoms. The summed E-state index contributed by atoms with van der Waals surface area (Å²) in [7, 11) is 3.09. The summed E-state index contributed by atoms with van der Waals surface area (Å²) in [6.07, 6.45) is 1.16. The van der Waals surface area contributed by atoms with E-state index < -0.39 is 12.3 Å². The molecule has 8 heteroatoms. The molecule has 3 aromatic rings. The summed E-state index contributed by atoms with van der Waals surface area (Å²) >= 11 is 6.02. The number of hydrogen-bond acceptors (Lipinski definition) is 5. The van der Waals surface area contributed by atoms with Gasteiger partial charge in [-0.15, -0.1) is 0 Å². The summed E-state index contributed by atoms with van der Waals surface area (Å²) in [5, 5.41) is 7.95. The van der Waals surface area contributed by atoms with Gasteiger partial charge in [0.2, 0.25) is 0 Å². The van der Waals surface area contributed by atoms with Gasteiger partial charge >= 0.3 is 0 Å². The predicted octanol–water partition coefficient (Wildman–Crippen LogP) is 3.29. The molecule has 1 aromatic carbocycles. The Balaban J connectivity index is 1.83. The second-order valence-corrected chi connectivity index (χ2v) is 6.82. The molecule has 2 aromatic heterocycles. The number of ether oxygens (including phenoxy) is 2. The van der Waals surface area contributed by atoms with Gasteiger partial charge < -0.3 is 14.4 Å². The van der Waals surface area contributed by atoms with Crippen LogP contribution in [-0.4, -0.2) is 53.0 Å². The van der Waals surface area contributed by atoms with Crippen molar-refractivity contribution < 1.29 is 14.3 Å². The van der Waals surface area contributed by atoms with Crippen molar-refractivity contribution in [2.45, 2.75) is 12.3 Å². The number of hydrogen-bond donors (Lipinski definition) is 1. The molecule has 0 saturated carbocycles. The van der Waals surface area contributed by atoms with Gasteiger partial charge in [-0.25, -0.2) is 0 Å². The second kappa shape index (κ2) is 7.71. The third kappa shape index (κ3) is 3.17. The lowest BCUT2D eigenvalue weighted by atomic mass is 9.99. The smallest absolute Gasteiger partial charge is 0.273 e. The summed E-state index contributed by atoms with van der Waals surface area (Å²) in [6, 6.07) is 12.6. The fourth-order valence-electron chi connectivity index (χ4n) is 3.46. The Labute approximate surface area is 167 Å². The van der Waals surface area contributed by atoms with Crippen LogP contribution >= 0.6 is 11.6 Å². The normalized spacial score (nSPS) is 16.1. The molecule has 28 heavy (non-hydrogen) atoms. The number of benzene rings is 1. The number of nitrogens with one attached hydrogen (secondary N) is 1. The Kier molecular flexibility index (Phi) is 5.13. The standard InChI is InChI=1S/C20H19ClN4O3/c1-27-15(28-2)11-25-19(14-5-3-4-10-22-14)16-17(23-24-18(16)20(25)26)12-6-8-13(21)9-7-12/h3-10,15,19H,11H2,1-2H3,(H,23,24). The summed E-state index contributed by atoms with van der Waals surface area (Å²) < 4.78 is 10.6. The highest BCUT2D eigenvalue weighted by Crippen LogP contribution is 2.42. The highest BCUT2D eigenvalue weighted by atomic mass is 35.5. The number of amides is 1. The maximum absolute atomic E-state index is 13.1. The number of halogens is 1. The van der Waals surface area contributed by atoms with Gasteiger partial charge in [0.1, 0.15) is 11.7 Å². The van der Waals surface area contributed by atoms with Crippen molar-refractivity contribution in [2.24, 2.45) is 0 Å². The van der Waals surface area contributed by atoms with E-state index in [4.69, 9.17) is 21.1 Å². The minimum Gasteiger partial charge on any atom is -0.354 e. The molecule has 1 atom stereocenters. The number of methoxy groups -OCH3 is 2. The topological polar surface area (TPSA) is 80.3 Å². The lowest BCUT2D eigenvalue weighted by Crippen LogP contribution is -2.38. The predicted molar refractivity (Wildman–Crippen MR) is 104 cm³/mol. The van der Waals surface area contributed by atoms with E-state index in [-0.39, 0.29) is 12.5 Å². The van der Waals surface area contributed by atoms with E-state index in [9.17, 15) is 4.79 Å². The molecule has 7 nitrogen and oxygen atoms in total. The Morgan fingerprint density at radius 1 is 1.18 bits per heavy atom. The van der Waals surface area contributed by atoms with E-state index in [1.807, 2.05) is 30.3 Å². The molecule has 4 rings (SSSR count). The number of carbonyl (C=O) groups excluding carboxylic acids is 1. The zero-order chi connectivity index (χ0) is 19.7. The molecule has 1 N–H and O–H groups in total. The van der Waals surface area contributed by atoms with Crippen molar-refractivity contribution in [3.05, 3.63) is 70.6 Å². The molecule has 0 radical (unpaired) electrons. The molecule has 0 aliphatic carbocycles. The molecule has 1 aliphatic heterocycles. The van der Waals surface area contributed by atoms with Crippen molar-refractivity contribution >= 4 is 17.5 Å². The van der Waals surface area contributed by atoms with Crippen molar-refractivity contribution in [2.75, 3.05) is 20.8 Å². The van der Waals surface area contributed by atoms with Gasteiger partial charge in [0.15, 0.2) is 6.29 Å². The zero-order valence-corrected chi connectivity index (χ0v) is 16.2. The van der Waals surface area contributed by atoms with Crippen molar-refractivity contribution in [3.63, 3.8) is 0 Å². The van der Waals surface area contributed by atoms with E-state index in [0.717, 1.165) is 16.8 Å². The van der Waals surface area contributed by atoms with Crippen LogP contribution in [0.2, 0.25) is 5.02 Å². The Hall–Kier alpha value is -2.74. The Morgan fingerprint density at radius 3 is 2.57 bits per heavy atom. The second-order valence-electron chi connectivity index (χ2n) is 6.38. The van der Waals surface area contributed by atoms with Crippen LogP contribution in [-0.2, 0) is 9.47 Å². The van der Waals surface area contributed by atoms with Crippen LogP contribution in [0.3, 0.4) is 0 Å². The summed E-state index contributed by atoms with van der Waals surface area (Å²) in [5.41, 5.74) is 3.55. The monoisotopic (exact) mass is 398 g/mol. The van der Waals surface area contributed by atoms with Crippen LogP contribution < -0.4 is 0 Å². The fourth-order valence-corrected chi connectivity index (χ4v) is 3.59. The lowest BCUT2D eigenvalue weighted by molar-refractivity contribution is -0.113. The average Bonchev–Trinajstić information content (AvgIpc) is 3.26.